The predicted molar refractivity (Wildman–Crippen MR) is 70.0 cm³/mol. The fourth-order valence-corrected chi connectivity index (χ4v) is 1.74. The largest absolute Gasteiger partial charge is 0.494 e. The molecule has 1 aromatic carbocycles. The third-order valence-electron chi connectivity index (χ3n) is 2.36. The van der Waals surface area contributed by atoms with Crippen LogP contribution >= 0.6 is 15.9 Å². The molecule has 0 amide bonds. The van der Waals surface area contributed by atoms with Crippen LogP contribution < -0.4 is 4.74 Å². The molecular weight excluding hydrogens is 282 g/mol. The van der Waals surface area contributed by atoms with Gasteiger partial charge in [-0.15, -0.1) is 0 Å². The quantitative estimate of drug-likeness (QED) is 0.772. The van der Waals surface area contributed by atoms with Gasteiger partial charge in [0.15, 0.2) is 5.76 Å². The van der Waals surface area contributed by atoms with Crippen LogP contribution in [0.2, 0.25) is 0 Å². The Morgan fingerprint density at radius 1 is 1.41 bits per heavy atom. The summed E-state index contributed by atoms with van der Waals surface area (Å²) in [6.45, 7) is 2.89. The molecule has 0 aliphatic carbocycles. The molecule has 0 radical (unpaired) electrons. The first-order chi connectivity index (χ1) is 8.29. The van der Waals surface area contributed by atoms with Gasteiger partial charge in [-0.25, -0.2) is 4.98 Å². The molecule has 2 rings (SSSR count). The Morgan fingerprint density at radius 3 is 3.00 bits per heavy atom. The number of benzene rings is 1. The van der Waals surface area contributed by atoms with Crippen molar-refractivity contribution in [1.29, 1.82) is 0 Å². The van der Waals surface area contributed by atoms with Gasteiger partial charge in [0.2, 0.25) is 0 Å². The van der Waals surface area contributed by atoms with E-state index in [9.17, 15) is 0 Å². The van der Waals surface area contributed by atoms with Gasteiger partial charge in [0.25, 0.3) is 4.80 Å². The lowest BCUT2D eigenvalue weighted by atomic mass is 10.2. The van der Waals surface area contributed by atoms with Crippen molar-refractivity contribution >= 4 is 15.9 Å². The van der Waals surface area contributed by atoms with Crippen LogP contribution in [0.4, 0.5) is 0 Å². The molecule has 0 atom stereocenters. The van der Waals surface area contributed by atoms with E-state index in [2.05, 4.69) is 27.8 Å². The molecule has 0 spiro atoms. The second-order valence-electron chi connectivity index (χ2n) is 3.71. The highest BCUT2D eigenvalue weighted by atomic mass is 79.9. The number of halogens is 1. The summed E-state index contributed by atoms with van der Waals surface area (Å²) >= 11 is 3.19. The summed E-state index contributed by atoms with van der Waals surface area (Å²) in [6, 6.07) is 7.83. The lowest BCUT2D eigenvalue weighted by molar-refractivity contribution is 0.309. The third-order valence-corrected chi connectivity index (χ3v) is 2.73. The SMILES string of the molecule is CCCCOc1cccc(-c2cnc(Br)o2)c1. The van der Waals surface area contributed by atoms with E-state index in [1.165, 1.54) is 0 Å². The van der Waals surface area contributed by atoms with Crippen molar-refractivity contribution in [3.05, 3.63) is 35.3 Å². The Hall–Kier alpha value is -1.29. The van der Waals surface area contributed by atoms with Crippen molar-refractivity contribution in [3.8, 4) is 17.1 Å². The minimum absolute atomic E-state index is 0.491. The topological polar surface area (TPSA) is 35.3 Å². The second-order valence-corrected chi connectivity index (χ2v) is 4.39. The van der Waals surface area contributed by atoms with Gasteiger partial charge in [-0.3, -0.25) is 0 Å². The molecule has 0 saturated heterocycles. The Bertz CT molecular complexity index is 482. The van der Waals surface area contributed by atoms with Gasteiger partial charge in [-0.2, -0.15) is 0 Å². The number of aromatic nitrogens is 1. The fourth-order valence-electron chi connectivity index (χ4n) is 1.46. The Morgan fingerprint density at radius 2 is 2.29 bits per heavy atom. The van der Waals surface area contributed by atoms with E-state index in [1.807, 2.05) is 24.3 Å². The highest BCUT2D eigenvalue weighted by Gasteiger charge is 2.05. The molecule has 1 heterocycles. The van der Waals surface area contributed by atoms with E-state index in [0.717, 1.165) is 36.5 Å². The molecule has 17 heavy (non-hydrogen) atoms. The minimum Gasteiger partial charge on any atom is -0.494 e. The molecule has 0 aliphatic rings. The maximum atomic E-state index is 5.64. The highest BCUT2D eigenvalue weighted by molar-refractivity contribution is 9.10. The lowest BCUT2D eigenvalue weighted by Gasteiger charge is -2.05. The zero-order valence-corrected chi connectivity index (χ0v) is 11.2. The van der Waals surface area contributed by atoms with E-state index in [0.29, 0.717) is 4.80 Å². The summed E-state index contributed by atoms with van der Waals surface area (Å²) in [7, 11) is 0. The first-order valence-corrected chi connectivity index (χ1v) is 6.43. The fraction of sp³-hybridized carbons (Fsp3) is 0.308. The van der Waals surface area contributed by atoms with Crippen LogP contribution in [0, 0.1) is 0 Å². The van der Waals surface area contributed by atoms with Crippen molar-refractivity contribution < 1.29 is 9.15 Å². The average molecular weight is 296 g/mol. The van der Waals surface area contributed by atoms with Gasteiger partial charge < -0.3 is 9.15 Å². The van der Waals surface area contributed by atoms with E-state index < -0.39 is 0 Å². The molecule has 0 bridgehead atoms. The molecule has 0 fully saturated rings. The van der Waals surface area contributed by atoms with Crippen molar-refractivity contribution in [3.63, 3.8) is 0 Å². The van der Waals surface area contributed by atoms with E-state index in [-0.39, 0.29) is 0 Å². The molecule has 2 aromatic rings. The molecule has 0 N–H and O–H groups in total. The number of hydrogen-bond donors (Lipinski definition) is 0. The summed E-state index contributed by atoms with van der Waals surface area (Å²) in [4.78, 5) is 4.50. The molecular formula is C13H14BrNO2. The zero-order valence-electron chi connectivity index (χ0n) is 9.65. The Balaban J connectivity index is 2.11. The van der Waals surface area contributed by atoms with Crippen LogP contribution in [0.1, 0.15) is 19.8 Å². The summed E-state index contributed by atoms with van der Waals surface area (Å²) in [5, 5.41) is 0. The van der Waals surface area contributed by atoms with E-state index >= 15 is 0 Å². The smallest absolute Gasteiger partial charge is 0.264 e. The van der Waals surface area contributed by atoms with Crippen molar-refractivity contribution in [1.82, 2.24) is 4.98 Å². The van der Waals surface area contributed by atoms with Gasteiger partial charge in [-0.1, -0.05) is 25.5 Å². The monoisotopic (exact) mass is 295 g/mol. The normalized spacial score (nSPS) is 10.5. The second kappa shape index (κ2) is 5.87. The van der Waals surface area contributed by atoms with Crippen molar-refractivity contribution in [2.75, 3.05) is 6.61 Å². The molecule has 0 aliphatic heterocycles. The van der Waals surface area contributed by atoms with Crippen molar-refractivity contribution in [2.45, 2.75) is 19.8 Å². The highest BCUT2D eigenvalue weighted by Crippen LogP contribution is 2.26. The third kappa shape index (κ3) is 3.33. The van der Waals surface area contributed by atoms with Crippen LogP contribution in [-0.4, -0.2) is 11.6 Å². The molecule has 0 saturated carbocycles. The van der Waals surface area contributed by atoms with Crippen LogP contribution in [0.25, 0.3) is 11.3 Å². The minimum atomic E-state index is 0.491. The van der Waals surface area contributed by atoms with Crippen molar-refractivity contribution in [2.24, 2.45) is 0 Å². The number of rotatable bonds is 5. The van der Waals surface area contributed by atoms with Crippen LogP contribution in [-0.2, 0) is 0 Å². The van der Waals surface area contributed by atoms with Gasteiger partial charge >= 0.3 is 0 Å². The number of unbranched alkanes of at least 4 members (excludes halogenated alkanes) is 1. The number of oxazole rings is 1. The van der Waals surface area contributed by atoms with Crippen LogP contribution in [0.15, 0.2) is 39.7 Å². The molecule has 0 unspecified atom stereocenters. The first-order valence-electron chi connectivity index (χ1n) is 5.64. The number of nitrogens with zero attached hydrogens (tertiary/aromatic N) is 1. The predicted octanol–water partition coefficient (Wildman–Crippen LogP) is 4.28. The summed E-state index contributed by atoms with van der Waals surface area (Å²) in [5.74, 6) is 1.60. The Labute approximate surface area is 109 Å². The molecule has 1 aromatic heterocycles. The van der Waals surface area contributed by atoms with Gasteiger partial charge in [0.1, 0.15) is 5.75 Å². The standard InChI is InChI=1S/C13H14BrNO2/c1-2-3-7-16-11-6-4-5-10(8-11)12-9-15-13(14)17-12/h4-6,8-9H,2-3,7H2,1H3. The maximum Gasteiger partial charge on any atom is 0.264 e. The van der Waals surface area contributed by atoms with Gasteiger partial charge in [0, 0.05) is 21.5 Å². The zero-order chi connectivity index (χ0) is 12.1. The summed E-state index contributed by atoms with van der Waals surface area (Å²) < 4.78 is 11.0. The molecule has 90 valence electrons. The maximum absolute atomic E-state index is 5.64. The number of hydrogen-bond acceptors (Lipinski definition) is 3. The lowest BCUT2D eigenvalue weighted by Crippen LogP contribution is -1.96. The van der Waals surface area contributed by atoms with Gasteiger partial charge in [0.05, 0.1) is 12.8 Å². The molecule has 3 nitrogen and oxygen atoms in total. The number of ether oxygens (including phenoxy) is 1. The van der Waals surface area contributed by atoms with Crippen LogP contribution in [0.3, 0.4) is 0 Å². The summed E-state index contributed by atoms with van der Waals surface area (Å²) in [6.07, 6.45) is 3.89. The Kier molecular flexibility index (Phi) is 4.20. The first kappa shape index (κ1) is 12.2. The average Bonchev–Trinajstić information content (AvgIpc) is 2.77. The molecule has 4 heteroatoms. The summed E-state index contributed by atoms with van der Waals surface area (Å²) in [5.41, 5.74) is 0.970. The van der Waals surface area contributed by atoms with Gasteiger partial charge in [-0.05, 0) is 18.6 Å². The van der Waals surface area contributed by atoms with E-state index in [1.54, 1.807) is 6.20 Å². The van der Waals surface area contributed by atoms with Crippen LogP contribution in [0.5, 0.6) is 5.75 Å². The van der Waals surface area contributed by atoms with E-state index in [4.69, 9.17) is 9.15 Å².